The first-order valence-corrected chi connectivity index (χ1v) is 7.97. The second-order valence-corrected chi connectivity index (χ2v) is 5.59. The van der Waals surface area contributed by atoms with Gasteiger partial charge in [0.2, 0.25) is 0 Å². The van der Waals surface area contributed by atoms with Crippen molar-refractivity contribution in [1.82, 2.24) is 5.32 Å². The van der Waals surface area contributed by atoms with E-state index in [9.17, 15) is 18.8 Å². The SMILES string of the molecule is COc1ccc(/C=C/C=C2\C(=O)NC(=O)N(c3ccc(F)cc3)C2=O)cc1. The maximum Gasteiger partial charge on any atom is 0.335 e. The van der Waals surface area contributed by atoms with Crippen molar-refractivity contribution < 1.29 is 23.5 Å². The lowest BCUT2D eigenvalue weighted by molar-refractivity contribution is -0.122. The van der Waals surface area contributed by atoms with Gasteiger partial charge in [0.1, 0.15) is 17.1 Å². The van der Waals surface area contributed by atoms with Crippen molar-refractivity contribution in [2.24, 2.45) is 0 Å². The maximum atomic E-state index is 13.1. The molecule has 0 aromatic heterocycles. The third kappa shape index (κ3) is 3.92. The largest absolute Gasteiger partial charge is 0.497 e. The smallest absolute Gasteiger partial charge is 0.335 e. The maximum absolute atomic E-state index is 13.1. The minimum absolute atomic E-state index is 0.163. The predicted octanol–water partition coefficient (Wildman–Crippen LogP) is 3.06. The quantitative estimate of drug-likeness (QED) is 0.667. The first kappa shape index (κ1) is 18.1. The number of carbonyl (C=O) groups excluding carboxylic acids is 3. The normalized spacial score (nSPS) is 16.1. The second-order valence-electron chi connectivity index (χ2n) is 5.59. The zero-order chi connectivity index (χ0) is 19.4. The van der Waals surface area contributed by atoms with E-state index in [1.165, 1.54) is 24.3 Å². The molecule has 1 aliphatic rings. The summed E-state index contributed by atoms with van der Waals surface area (Å²) in [6.45, 7) is 0. The molecule has 1 N–H and O–H groups in total. The van der Waals surface area contributed by atoms with E-state index in [0.717, 1.165) is 22.6 Å². The molecular weight excluding hydrogens is 351 g/mol. The molecule has 1 heterocycles. The van der Waals surface area contributed by atoms with E-state index in [1.54, 1.807) is 25.3 Å². The number of carbonyl (C=O) groups is 3. The van der Waals surface area contributed by atoms with Crippen LogP contribution in [0.2, 0.25) is 0 Å². The number of barbiturate groups is 1. The van der Waals surface area contributed by atoms with Gasteiger partial charge in [-0.3, -0.25) is 14.9 Å². The fraction of sp³-hybridized carbons (Fsp3) is 0.0500. The summed E-state index contributed by atoms with van der Waals surface area (Å²) in [6.07, 6.45) is 4.56. The van der Waals surface area contributed by atoms with Crippen LogP contribution in [0.3, 0.4) is 0 Å². The van der Waals surface area contributed by atoms with Gasteiger partial charge in [-0.2, -0.15) is 0 Å². The summed E-state index contributed by atoms with van der Waals surface area (Å²) in [5, 5.41) is 2.10. The summed E-state index contributed by atoms with van der Waals surface area (Å²) in [6, 6.07) is 11.1. The van der Waals surface area contributed by atoms with Crippen molar-refractivity contribution in [3.8, 4) is 5.75 Å². The first-order valence-electron chi connectivity index (χ1n) is 7.97. The molecule has 0 bridgehead atoms. The lowest BCUT2D eigenvalue weighted by Gasteiger charge is -2.26. The van der Waals surface area contributed by atoms with Gasteiger partial charge >= 0.3 is 6.03 Å². The summed E-state index contributed by atoms with van der Waals surface area (Å²) < 4.78 is 18.1. The van der Waals surface area contributed by atoms with E-state index in [-0.39, 0.29) is 11.3 Å². The Balaban J connectivity index is 1.84. The number of hydrogen-bond acceptors (Lipinski definition) is 4. The molecule has 0 atom stereocenters. The zero-order valence-corrected chi connectivity index (χ0v) is 14.3. The fourth-order valence-corrected chi connectivity index (χ4v) is 2.47. The summed E-state index contributed by atoms with van der Waals surface area (Å²) in [5.74, 6) is -1.36. The number of anilines is 1. The molecule has 2 aromatic carbocycles. The van der Waals surface area contributed by atoms with Crippen LogP contribution >= 0.6 is 0 Å². The van der Waals surface area contributed by atoms with Crippen molar-refractivity contribution in [3.05, 3.63) is 77.6 Å². The third-order valence-electron chi connectivity index (χ3n) is 3.85. The van der Waals surface area contributed by atoms with Crippen LogP contribution in [-0.2, 0) is 9.59 Å². The number of ether oxygens (including phenoxy) is 1. The van der Waals surface area contributed by atoms with Crippen LogP contribution in [0.15, 0.2) is 66.3 Å². The van der Waals surface area contributed by atoms with Crippen LogP contribution in [0.1, 0.15) is 5.56 Å². The van der Waals surface area contributed by atoms with E-state index in [2.05, 4.69) is 5.32 Å². The topological polar surface area (TPSA) is 75.7 Å². The van der Waals surface area contributed by atoms with E-state index < -0.39 is 23.7 Å². The molecule has 1 fully saturated rings. The number of hydrogen-bond donors (Lipinski definition) is 1. The van der Waals surface area contributed by atoms with Gasteiger partial charge in [-0.05, 0) is 48.0 Å². The lowest BCUT2D eigenvalue weighted by atomic mass is 10.1. The van der Waals surface area contributed by atoms with Crippen LogP contribution in [0.5, 0.6) is 5.75 Å². The van der Waals surface area contributed by atoms with Crippen molar-refractivity contribution in [2.75, 3.05) is 12.0 Å². The molecular formula is C20H15FN2O4. The highest BCUT2D eigenvalue weighted by Gasteiger charge is 2.36. The number of halogens is 1. The molecule has 4 amide bonds. The summed E-state index contributed by atoms with van der Waals surface area (Å²) in [7, 11) is 1.57. The molecule has 1 aliphatic heterocycles. The number of rotatable bonds is 4. The van der Waals surface area contributed by atoms with Gasteiger partial charge in [-0.15, -0.1) is 0 Å². The molecule has 2 aromatic rings. The highest BCUT2D eigenvalue weighted by molar-refractivity contribution is 6.37. The zero-order valence-electron chi connectivity index (χ0n) is 14.3. The van der Waals surface area contributed by atoms with Crippen molar-refractivity contribution in [3.63, 3.8) is 0 Å². The van der Waals surface area contributed by atoms with Crippen LogP contribution in [0.4, 0.5) is 14.9 Å². The molecule has 0 aliphatic carbocycles. The van der Waals surface area contributed by atoms with Gasteiger partial charge in [0.15, 0.2) is 0 Å². The van der Waals surface area contributed by atoms with Crippen LogP contribution in [-0.4, -0.2) is 25.0 Å². The summed E-state index contributed by atoms with van der Waals surface area (Å²) in [5.41, 5.74) is 0.794. The standard InChI is InChI=1S/C20H15FN2O4/c1-27-16-11-5-13(6-12-16)3-2-4-17-18(24)22-20(26)23(19(17)25)15-9-7-14(21)8-10-15/h2-12H,1H3,(H,22,24,26)/b3-2+,17-4+. The Labute approximate surface area is 154 Å². The number of nitrogens with zero attached hydrogens (tertiary/aromatic N) is 1. The van der Waals surface area contributed by atoms with Crippen molar-refractivity contribution in [2.45, 2.75) is 0 Å². The Bertz CT molecular complexity index is 947. The average Bonchev–Trinajstić information content (AvgIpc) is 2.66. The van der Waals surface area contributed by atoms with E-state index in [1.807, 2.05) is 12.1 Å². The Morgan fingerprint density at radius 1 is 1.00 bits per heavy atom. The van der Waals surface area contributed by atoms with E-state index in [0.29, 0.717) is 5.75 Å². The van der Waals surface area contributed by atoms with Gasteiger partial charge in [-0.25, -0.2) is 14.1 Å². The number of urea groups is 1. The number of benzene rings is 2. The Morgan fingerprint density at radius 3 is 2.30 bits per heavy atom. The molecule has 0 radical (unpaired) electrons. The predicted molar refractivity (Wildman–Crippen MR) is 97.5 cm³/mol. The van der Waals surface area contributed by atoms with Crippen LogP contribution in [0, 0.1) is 5.82 Å². The number of nitrogens with one attached hydrogen (secondary N) is 1. The van der Waals surface area contributed by atoms with Gasteiger partial charge in [0, 0.05) is 0 Å². The third-order valence-corrected chi connectivity index (χ3v) is 3.85. The minimum atomic E-state index is -0.882. The first-order chi connectivity index (χ1) is 13.0. The minimum Gasteiger partial charge on any atom is -0.497 e. The number of imide groups is 2. The van der Waals surface area contributed by atoms with E-state index in [4.69, 9.17) is 4.74 Å². The Kier molecular flexibility index (Phi) is 5.12. The molecule has 1 saturated heterocycles. The fourth-order valence-electron chi connectivity index (χ4n) is 2.47. The number of amides is 4. The average molecular weight is 366 g/mol. The van der Waals surface area contributed by atoms with Gasteiger partial charge < -0.3 is 4.74 Å². The van der Waals surface area contributed by atoms with Gasteiger partial charge in [0.25, 0.3) is 11.8 Å². The molecule has 27 heavy (non-hydrogen) atoms. The molecule has 0 spiro atoms. The lowest BCUT2D eigenvalue weighted by Crippen LogP contribution is -2.54. The number of methoxy groups -OCH3 is 1. The van der Waals surface area contributed by atoms with Crippen molar-refractivity contribution in [1.29, 1.82) is 0 Å². The Hall–Kier alpha value is -3.74. The molecule has 6 nitrogen and oxygen atoms in total. The van der Waals surface area contributed by atoms with Gasteiger partial charge in [0.05, 0.1) is 12.8 Å². The second kappa shape index (κ2) is 7.65. The molecule has 3 rings (SSSR count). The molecule has 0 unspecified atom stereocenters. The van der Waals surface area contributed by atoms with Crippen LogP contribution < -0.4 is 15.0 Å². The Morgan fingerprint density at radius 2 is 1.67 bits per heavy atom. The van der Waals surface area contributed by atoms with E-state index >= 15 is 0 Å². The van der Waals surface area contributed by atoms with Crippen molar-refractivity contribution >= 4 is 29.6 Å². The van der Waals surface area contributed by atoms with Crippen LogP contribution in [0.25, 0.3) is 6.08 Å². The van der Waals surface area contributed by atoms with Gasteiger partial charge in [-0.1, -0.05) is 24.3 Å². The summed E-state index contributed by atoms with van der Waals surface area (Å²) >= 11 is 0. The highest BCUT2D eigenvalue weighted by atomic mass is 19.1. The monoisotopic (exact) mass is 366 g/mol. The molecule has 0 saturated carbocycles. The molecule has 7 heteroatoms. The summed E-state index contributed by atoms with van der Waals surface area (Å²) in [4.78, 5) is 37.4. The highest BCUT2D eigenvalue weighted by Crippen LogP contribution is 2.21. The molecule has 136 valence electrons. The number of allylic oxidation sites excluding steroid dienone is 2.